The zero-order chi connectivity index (χ0) is 20.3. The molecular weight excluding hydrogens is 364 g/mol. The normalized spacial score (nSPS) is 17.2. The monoisotopic (exact) mass is 398 g/mol. The average molecular weight is 399 g/mol. The first-order chi connectivity index (χ1) is 13.2. The zero-order valence-corrected chi connectivity index (χ0v) is 18.9. The number of anilines is 1. The Morgan fingerprint density at radius 3 is 2.32 bits per heavy atom. The molecule has 1 saturated heterocycles. The van der Waals surface area contributed by atoms with E-state index < -0.39 is 8.32 Å². The van der Waals surface area contributed by atoms with E-state index in [1.54, 1.807) is 0 Å². The van der Waals surface area contributed by atoms with E-state index in [1.807, 2.05) is 24.4 Å². The van der Waals surface area contributed by atoms with Crippen LogP contribution < -0.4 is 9.74 Å². The molecule has 1 N–H and O–H groups in total. The predicted octanol–water partition coefficient (Wildman–Crippen LogP) is 5.63. The Morgan fingerprint density at radius 1 is 1.07 bits per heavy atom. The fourth-order valence-corrected chi connectivity index (χ4v) is 4.41. The van der Waals surface area contributed by atoms with Gasteiger partial charge in [0.25, 0.3) is 0 Å². The zero-order valence-electron chi connectivity index (χ0n) is 17.9. The van der Waals surface area contributed by atoms with Gasteiger partial charge in [0.15, 0.2) is 0 Å². The molecule has 1 aromatic carbocycles. The van der Waals surface area contributed by atoms with Crippen LogP contribution in [0.3, 0.4) is 0 Å². The Kier molecular flexibility index (Phi) is 6.15. The molecule has 1 aliphatic heterocycles. The van der Waals surface area contributed by atoms with E-state index in [-0.39, 0.29) is 10.5 Å². The first-order valence-electron chi connectivity index (χ1n) is 10.2. The molecule has 0 amide bonds. The van der Waals surface area contributed by atoms with E-state index in [9.17, 15) is 0 Å². The fraction of sp³-hybridized carbons (Fsp3) is 0.522. The van der Waals surface area contributed by atoms with Gasteiger partial charge >= 0.3 is 0 Å². The van der Waals surface area contributed by atoms with E-state index in [1.165, 1.54) is 5.56 Å². The van der Waals surface area contributed by atoms with Gasteiger partial charge in [-0.15, -0.1) is 0 Å². The van der Waals surface area contributed by atoms with E-state index in [2.05, 4.69) is 68.4 Å². The van der Waals surface area contributed by atoms with Crippen LogP contribution >= 0.6 is 0 Å². The van der Waals surface area contributed by atoms with E-state index in [0.29, 0.717) is 0 Å². The van der Waals surface area contributed by atoms with Gasteiger partial charge in [0.1, 0.15) is 11.6 Å². The standard InChI is InChI=1S/C23H34N2O2Si/c1-22(2,3)28(4,5)27-20-11-9-19(10-12-20)23(13-16-26-17-14-23)18-25-21-8-6-7-15-24-21/h6-12,15H,13-14,16-18H2,1-5H3,(H,24,25). The molecule has 1 aliphatic rings. The summed E-state index contributed by atoms with van der Waals surface area (Å²) >= 11 is 0. The third-order valence-electron chi connectivity index (χ3n) is 6.37. The van der Waals surface area contributed by atoms with E-state index in [0.717, 1.165) is 44.2 Å². The highest BCUT2D eigenvalue weighted by Gasteiger charge is 2.39. The van der Waals surface area contributed by atoms with Crippen LogP contribution in [0, 0.1) is 0 Å². The second kappa shape index (κ2) is 8.25. The van der Waals surface area contributed by atoms with Crippen molar-refractivity contribution in [3.05, 3.63) is 54.2 Å². The molecule has 5 heteroatoms. The first-order valence-corrected chi connectivity index (χ1v) is 13.1. The van der Waals surface area contributed by atoms with Crippen LogP contribution in [0.1, 0.15) is 39.2 Å². The number of nitrogens with one attached hydrogen (secondary N) is 1. The van der Waals surface area contributed by atoms with Crippen molar-refractivity contribution >= 4 is 14.1 Å². The number of hydrogen-bond donors (Lipinski definition) is 1. The Labute approximate surface area is 170 Å². The number of rotatable bonds is 6. The summed E-state index contributed by atoms with van der Waals surface area (Å²) in [6.07, 6.45) is 3.84. The van der Waals surface area contributed by atoms with Crippen LogP contribution in [0.2, 0.25) is 18.1 Å². The average Bonchev–Trinajstić information content (AvgIpc) is 2.67. The topological polar surface area (TPSA) is 43.4 Å². The summed E-state index contributed by atoms with van der Waals surface area (Å²) in [5, 5.41) is 3.73. The molecule has 0 saturated carbocycles. The second-order valence-electron chi connectivity index (χ2n) is 9.35. The minimum atomic E-state index is -1.82. The Hall–Kier alpha value is -1.85. The molecular formula is C23H34N2O2Si. The van der Waals surface area contributed by atoms with Crippen molar-refractivity contribution in [2.24, 2.45) is 0 Å². The predicted molar refractivity (Wildman–Crippen MR) is 119 cm³/mol. The van der Waals surface area contributed by atoms with Gasteiger partial charge in [-0.1, -0.05) is 39.0 Å². The van der Waals surface area contributed by atoms with Crippen LogP contribution in [0.4, 0.5) is 5.82 Å². The third-order valence-corrected chi connectivity index (χ3v) is 10.7. The van der Waals surface area contributed by atoms with E-state index in [4.69, 9.17) is 9.16 Å². The number of pyridine rings is 1. The quantitative estimate of drug-likeness (QED) is 0.641. The van der Waals surface area contributed by atoms with Crippen LogP contribution in [0.5, 0.6) is 5.75 Å². The van der Waals surface area contributed by atoms with Crippen molar-refractivity contribution in [3.63, 3.8) is 0 Å². The van der Waals surface area contributed by atoms with Gasteiger partial charge in [-0.2, -0.15) is 0 Å². The highest BCUT2D eigenvalue weighted by molar-refractivity contribution is 6.74. The van der Waals surface area contributed by atoms with Crippen molar-refractivity contribution in [2.45, 2.75) is 57.2 Å². The van der Waals surface area contributed by atoms with Crippen molar-refractivity contribution in [2.75, 3.05) is 25.1 Å². The Morgan fingerprint density at radius 2 is 1.75 bits per heavy atom. The molecule has 0 spiro atoms. The number of hydrogen-bond acceptors (Lipinski definition) is 4. The second-order valence-corrected chi connectivity index (χ2v) is 14.1. The van der Waals surface area contributed by atoms with Crippen molar-refractivity contribution in [1.29, 1.82) is 0 Å². The van der Waals surface area contributed by atoms with Gasteiger partial charge in [-0.3, -0.25) is 0 Å². The lowest BCUT2D eigenvalue weighted by molar-refractivity contribution is 0.0543. The third kappa shape index (κ3) is 4.76. The highest BCUT2D eigenvalue weighted by atomic mass is 28.4. The molecule has 0 bridgehead atoms. The summed E-state index contributed by atoms with van der Waals surface area (Å²) in [4.78, 5) is 4.41. The van der Waals surface area contributed by atoms with Gasteiger partial charge in [0, 0.05) is 31.4 Å². The number of nitrogens with zero attached hydrogens (tertiary/aromatic N) is 1. The first kappa shape index (κ1) is 20.9. The SMILES string of the molecule is CC(C)(C)[Si](C)(C)Oc1ccc(C2(CNc3ccccn3)CCOCC2)cc1. The number of benzene rings is 1. The summed E-state index contributed by atoms with van der Waals surface area (Å²) in [7, 11) is -1.82. The molecule has 4 nitrogen and oxygen atoms in total. The molecule has 1 fully saturated rings. The lowest BCUT2D eigenvalue weighted by atomic mass is 9.74. The van der Waals surface area contributed by atoms with Crippen LogP contribution in [0.15, 0.2) is 48.7 Å². The van der Waals surface area contributed by atoms with Gasteiger partial charge in [0.05, 0.1) is 0 Å². The van der Waals surface area contributed by atoms with E-state index >= 15 is 0 Å². The maximum atomic E-state index is 6.46. The molecule has 2 heterocycles. The van der Waals surface area contributed by atoms with Gasteiger partial charge in [0.2, 0.25) is 8.32 Å². The van der Waals surface area contributed by atoms with Crippen LogP contribution in [-0.2, 0) is 10.2 Å². The van der Waals surface area contributed by atoms with Gasteiger partial charge in [-0.25, -0.2) is 4.98 Å². The highest BCUT2D eigenvalue weighted by Crippen LogP contribution is 2.39. The number of ether oxygens (including phenoxy) is 1. The molecule has 0 radical (unpaired) electrons. The molecule has 3 rings (SSSR count). The minimum absolute atomic E-state index is 0.0608. The van der Waals surface area contributed by atoms with Crippen molar-refractivity contribution in [3.8, 4) is 5.75 Å². The van der Waals surface area contributed by atoms with Gasteiger partial charge in [-0.05, 0) is 60.8 Å². The lowest BCUT2D eigenvalue weighted by Gasteiger charge is -2.39. The Balaban J connectivity index is 1.77. The lowest BCUT2D eigenvalue weighted by Crippen LogP contribution is -2.44. The summed E-state index contributed by atoms with van der Waals surface area (Å²) in [5.41, 5.74) is 1.41. The minimum Gasteiger partial charge on any atom is -0.544 e. The molecule has 0 aliphatic carbocycles. The summed E-state index contributed by atoms with van der Waals surface area (Å²) < 4.78 is 12.1. The molecule has 2 aromatic rings. The molecule has 0 atom stereocenters. The molecule has 152 valence electrons. The Bertz CT molecular complexity index is 748. The smallest absolute Gasteiger partial charge is 0.250 e. The van der Waals surface area contributed by atoms with Crippen LogP contribution in [0.25, 0.3) is 0 Å². The largest absolute Gasteiger partial charge is 0.544 e. The maximum Gasteiger partial charge on any atom is 0.250 e. The number of aromatic nitrogens is 1. The summed E-state index contributed by atoms with van der Waals surface area (Å²) in [6.45, 7) is 13.8. The molecule has 0 unspecified atom stereocenters. The molecule has 28 heavy (non-hydrogen) atoms. The fourth-order valence-electron chi connectivity index (χ4n) is 3.38. The maximum absolute atomic E-state index is 6.46. The van der Waals surface area contributed by atoms with Crippen molar-refractivity contribution in [1.82, 2.24) is 4.98 Å². The molecule has 1 aromatic heterocycles. The van der Waals surface area contributed by atoms with Crippen molar-refractivity contribution < 1.29 is 9.16 Å². The van der Waals surface area contributed by atoms with Gasteiger partial charge < -0.3 is 14.5 Å². The van der Waals surface area contributed by atoms with Crippen LogP contribution in [-0.4, -0.2) is 33.1 Å². The summed E-state index contributed by atoms with van der Waals surface area (Å²) in [5.74, 6) is 1.90. The summed E-state index contributed by atoms with van der Waals surface area (Å²) in [6, 6.07) is 14.8.